The first kappa shape index (κ1) is 27.2. The van der Waals surface area contributed by atoms with Gasteiger partial charge in [0.15, 0.2) is 0 Å². The van der Waals surface area contributed by atoms with Crippen molar-refractivity contribution in [1.29, 1.82) is 0 Å². The second-order valence-corrected chi connectivity index (χ2v) is 11.0. The number of hydrogen-bond donors (Lipinski definition) is 2. The number of methoxy groups -OCH3 is 2. The molecule has 0 atom stereocenters. The lowest BCUT2D eigenvalue weighted by Crippen LogP contribution is -2.33. The minimum atomic E-state index is -3.73. The molecule has 0 saturated carbocycles. The van der Waals surface area contributed by atoms with Crippen LogP contribution in [0.5, 0.6) is 5.75 Å². The normalized spacial score (nSPS) is 13.7. The Morgan fingerprint density at radius 2 is 1.50 bits per heavy atom. The Hall–Kier alpha value is -3.80. The van der Waals surface area contributed by atoms with Gasteiger partial charge >= 0.3 is 0 Å². The Morgan fingerprint density at radius 1 is 0.842 bits per heavy atom. The van der Waals surface area contributed by atoms with Crippen LogP contribution >= 0.6 is 11.8 Å². The van der Waals surface area contributed by atoms with Crippen LogP contribution in [0.1, 0.15) is 6.42 Å². The summed E-state index contributed by atoms with van der Waals surface area (Å²) in [6, 6.07) is 21.7. The molecule has 0 saturated heterocycles. The van der Waals surface area contributed by atoms with Crippen molar-refractivity contribution in [2.75, 3.05) is 37.4 Å². The molecule has 0 bridgehead atoms. The second kappa shape index (κ2) is 12.2. The fourth-order valence-electron chi connectivity index (χ4n) is 3.67. The first-order valence-electron chi connectivity index (χ1n) is 11.7. The van der Waals surface area contributed by atoms with Gasteiger partial charge in [0.05, 0.1) is 12.0 Å². The van der Waals surface area contributed by atoms with Crippen molar-refractivity contribution >= 4 is 45.0 Å². The molecule has 0 spiro atoms. The molecule has 9 nitrogen and oxygen atoms in total. The van der Waals surface area contributed by atoms with Crippen molar-refractivity contribution in [3.8, 4) is 5.75 Å². The number of anilines is 2. The predicted molar refractivity (Wildman–Crippen MR) is 146 cm³/mol. The number of carbonyl (C=O) groups is 2. The topological polar surface area (TPSA) is 114 Å². The molecule has 0 aliphatic carbocycles. The molecule has 3 aromatic rings. The largest absolute Gasteiger partial charge is 0.497 e. The molecule has 1 aliphatic rings. The van der Waals surface area contributed by atoms with Gasteiger partial charge in [0.1, 0.15) is 16.4 Å². The van der Waals surface area contributed by atoms with Gasteiger partial charge < -0.3 is 14.8 Å². The summed E-state index contributed by atoms with van der Waals surface area (Å²) < 4.78 is 38.0. The van der Waals surface area contributed by atoms with E-state index in [1.807, 2.05) is 0 Å². The number of ether oxygens (including phenoxy) is 2. The summed E-state index contributed by atoms with van der Waals surface area (Å²) in [6.45, 7) is 0.644. The van der Waals surface area contributed by atoms with Crippen LogP contribution in [0, 0.1) is 0 Å². The molecular weight excluding hydrogens is 526 g/mol. The van der Waals surface area contributed by atoms with Crippen LogP contribution in [-0.2, 0) is 24.3 Å². The standard InChI is InChI=1S/C27H27N3O6S2/c1-35-18-6-17-30-26(31)24(28-19-9-13-21(36-2)14-10-19)25(27(30)32)37-22-15-11-20(12-16-22)29-38(33,34)23-7-4-3-5-8-23/h3-5,7-16,28-29H,6,17-18H2,1-2H3. The lowest BCUT2D eigenvalue weighted by molar-refractivity contribution is -0.137. The van der Waals surface area contributed by atoms with Crippen LogP contribution < -0.4 is 14.8 Å². The van der Waals surface area contributed by atoms with E-state index in [4.69, 9.17) is 9.47 Å². The van der Waals surface area contributed by atoms with Gasteiger partial charge in [-0.15, -0.1) is 0 Å². The predicted octanol–water partition coefficient (Wildman–Crippen LogP) is 4.32. The maximum Gasteiger partial charge on any atom is 0.278 e. The molecule has 0 fully saturated rings. The minimum Gasteiger partial charge on any atom is -0.497 e. The molecule has 38 heavy (non-hydrogen) atoms. The number of carbonyl (C=O) groups excluding carboxylic acids is 2. The van der Waals surface area contributed by atoms with Crippen LogP contribution in [0.2, 0.25) is 0 Å². The highest BCUT2D eigenvalue weighted by Gasteiger charge is 2.38. The maximum absolute atomic E-state index is 13.3. The van der Waals surface area contributed by atoms with E-state index in [0.717, 1.165) is 11.8 Å². The van der Waals surface area contributed by atoms with E-state index in [9.17, 15) is 18.0 Å². The third-order valence-corrected chi connectivity index (χ3v) is 8.08. The fourth-order valence-corrected chi connectivity index (χ4v) is 5.70. The quantitative estimate of drug-likeness (QED) is 0.252. The van der Waals surface area contributed by atoms with Gasteiger partial charge in [0, 0.05) is 36.5 Å². The third kappa shape index (κ3) is 6.36. The monoisotopic (exact) mass is 553 g/mol. The molecule has 0 radical (unpaired) electrons. The Bertz CT molecular complexity index is 1420. The number of imide groups is 1. The number of sulfonamides is 1. The van der Waals surface area contributed by atoms with E-state index in [2.05, 4.69) is 10.0 Å². The average Bonchev–Trinajstić information content (AvgIpc) is 3.14. The maximum atomic E-state index is 13.3. The van der Waals surface area contributed by atoms with Gasteiger partial charge in [-0.05, 0) is 67.1 Å². The zero-order valence-corrected chi connectivity index (χ0v) is 22.5. The average molecular weight is 554 g/mol. The highest BCUT2D eigenvalue weighted by atomic mass is 32.2. The summed E-state index contributed by atoms with van der Waals surface area (Å²) in [4.78, 5) is 28.7. The number of rotatable bonds is 12. The lowest BCUT2D eigenvalue weighted by atomic mass is 10.3. The Kier molecular flexibility index (Phi) is 8.72. The smallest absolute Gasteiger partial charge is 0.278 e. The van der Waals surface area contributed by atoms with Gasteiger partial charge in [0.2, 0.25) is 0 Å². The molecule has 1 heterocycles. The molecule has 4 rings (SSSR count). The van der Waals surface area contributed by atoms with E-state index < -0.39 is 21.8 Å². The molecule has 1 aliphatic heterocycles. The first-order chi connectivity index (χ1) is 18.3. The molecule has 11 heteroatoms. The van der Waals surface area contributed by atoms with E-state index in [1.54, 1.807) is 80.9 Å². The number of benzene rings is 3. The van der Waals surface area contributed by atoms with Crippen LogP contribution in [0.3, 0.4) is 0 Å². The van der Waals surface area contributed by atoms with Gasteiger partial charge in [-0.3, -0.25) is 19.2 Å². The number of hydrogen-bond acceptors (Lipinski definition) is 8. The van der Waals surface area contributed by atoms with Crippen molar-refractivity contribution < 1.29 is 27.5 Å². The second-order valence-electron chi connectivity index (χ2n) is 8.21. The fraction of sp³-hybridized carbons (Fsp3) is 0.185. The Labute approximate surface area is 225 Å². The third-order valence-electron chi connectivity index (χ3n) is 5.59. The lowest BCUT2D eigenvalue weighted by Gasteiger charge is -2.14. The van der Waals surface area contributed by atoms with E-state index in [1.165, 1.54) is 17.0 Å². The van der Waals surface area contributed by atoms with Crippen LogP contribution in [0.25, 0.3) is 0 Å². The summed E-state index contributed by atoms with van der Waals surface area (Å²) in [5, 5.41) is 3.09. The van der Waals surface area contributed by atoms with E-state index >= 15 is 0 Å². The van der Waals surface area contributed by atoms with Crippen molar-refractivity contribution in [3.63, 3.8) is 0 Å². The summed E-state index contributed by atoms with van der Waals surface area (Å²) in [5.74, 6) is -0.158. The highest BCUT2D eigenvalue weighted by Crippen LogP contribution is 2.36. The van der Waals surface area contributed by atoms with Crippen molar-refractivity contribution in [3.05, 3.63) is 89.5 Å². The Balaban J connectivity index is 1.56. The summed E-state index contributed by atoms with van der Waals surface area (Å²) in [7, 11) is -0.605. The molecular formula is C27H27N3O6S2. The summed E-state index contributed by atoms with van der Waals surface area (Å²) >= 11 is 1.14. The minimum absolute atomic E-state index is 0.154. The number of amides is 2. The summed E-state index contributed by atoms with van der Waals surface area (Å²) in [5.41, 5.74) is 1.18. The number of nitrogens with one attached hydrogen (secondary N) is 2. The zero-order chi connectivity index (χ0) is 27.1. The molecule has 0 aromatic heterocycles. The molecule has 0 unspecified atom stereocenters. The Morgan fingerprint density at radius 3 is 2.13 bits per heavy atom. The number of nitrogens with zero attached hydrogens (tertiary/aromatic N) is 1. The van der Waals surface area contributed by atoms with Gasteiger partial charge in [0.25, 0.3) is 21.8 Å². The van der Waals surface area contributed by atoms with Crippen molar-refractivity contribution in [2.45, 2.75) is 16.2 Å². The highest BCUT2D eigenvalue weighted by molar-refractivity contribution is 8.04. The zero-order valence-electron chi connectivity index (χ0n) is 20.8. The van der Waals surface area contributed by atoms with E-state index in [-0.39, 0.29) is 22.0 Å². The van der Waals surface area contributed by atoms with Gasteiger partial charge in [-0.1, -0.05) is 30.0 Å². The van der Waals surface area contributed by atoms with Crippen molar-refractivity contribution in [2.24, 2.45) is 0 Å². The molecule has 2 N–H and O–H groups in total. The van der Waals surface area contributed by atoms with Gasteiger partial charge in [-0.25, -0.2) is 8.42 Å². The molecule has 2 amide bonds. The van der Waals surface area contributed by atoms with Gasteiger partial charge in [-0.2, -0.15) is 0 Å². The van der Waals surface area contributed by atoms with E-state index in [0.29, 0.717) is 35.0 Å². The number of thioether (sulfide) groups is 1. The SMILES string of the molecule is COCCCN1C(=O)C(Nc2ccc(OC)cc2)=C(Sc2ccc(NS(=O)(=O)c3ccccc3)cc2)C1=O. The first-order valence-corrected chi connectivity index (χ1v) is 14.0. The van der Waals surface area contributed by atoms with Crippen LogP contribution in [0.4, 0.5) is 11.4 Å². The summed E-state index contributed by atoms with van der Waals surface area (Å²) in [6.07, 6.45) is 0.512. The molecule has 198 valence electrons. The van der Waals surface area contributed by atoms with Crippen LogP contribution in [-0.4, -0.2) is 52.5 Å². The van der Waals surface area contributed by atoms with Crippen LogP contribution in [0.15, 0.2) is 99.3 Å². The molecule has 3 aromatic carbocycles. The van der Waals surface area contributed by atoms with Crippen molar-refractivity contribution in [1.82, 2.24) is 4.90 Å².